The number of oxazole rings is 1. The molecule has 0 amide bonds. The third kappa shape index (κ3) is 4.30. The van der Waals surface area contributed by atoms with Crippen LogP contribution in [0, 0.1) is 5.92 Å². The summed E-state index contributed by atoms with van der Waals surface area (Å²) in [7, 11) is 0. The molecule has 1 aliphatic rings. The van der Waals surface area contributed by atoms with Gasteiger partial charge in [0.2, 0.25) is 0 Å². The quantitative estimate of drug-likeness (QED) is 0.844. The van der Waals surface area contributed by atoms with Crippen molar-refractivity contribution in [3.05, 3.63) is 17.8 Å². The number of aromatic nitrogens is 1. The van der Waals surface area contributed by atoms with E-state index in [1.807, 2.05) is 6.20 Å². The second-order valence-electron chi connectivity index (χ2n) is 7.37. The van der Waals surface area contributed by atoms with Gasteiger partial charge < -0.3 is 14.5 Å². The minimum atomic E-state index is 0.171. The number of hydrogen-bond acceptors (Lipinski definition) is 4. The molecule has 21 heavy (non-hydrogen) atoms. The Bertz CT molecular complexity index is 450. The van der Waals surface area contributed by atoms with E-state index in [0.29, 0.717) is 11.8 Å². The Morgan fingerprint density at radius 3 is 2.48 bits per heavy atom. The summed E-state index contributed by atoms with van der Waals surface area (Å²) in [5, 5.41) is 3.48. The highest BCUT2D eigenvalue weighted by molar-refractivity contribution is 5.09. The van der Waals surface area contributed by atoms with Crippen LogP contribution in [0.25, 0.3) is 0 Å². The molecule has 0 bridgehead atoms. The first-order valence-electron chi connectivity index (χ1n) is 8.13. The fourth-order valence-electron chi connectivity index (χ4n) is 3.05. The van der Waals surface area contributed by atoms with Crippen molar-refractivity contribution in [3.8, 4) is 0 Å². The van der Waals surface area contributed by atoms with Crippen LogP contribution in [0.1, 0.15) is 65.5 Å². The average molecular weight is 294 g/mol. The predicted octanol–water partition coefficient (Wildman–Crippen LogP) is 3.52. The van der Waals surface area contributed by atoms with Crippen molar-refractivity contribution in [2.24, 2.45) is 5.92 Å². The first-order valence-corrected chi connectivity index (χ1v) is 8.13. The van der Waals surface area contributed by atoms with Gasteiger partial charge in [0.1, 0.15) is 5.76 Å². The van der Waals surface area contributed by atoms with Gasteiger partial charge >= 0.3 is 0 Å². The molecule has 1 aromatic rings. The minimum absolute atomic E-state index is 0.171. The molecule has 0 radical (unpaired) electrons. The molecule has 0 aromatic carbocycles. The van der Waals surface area contributed by atoms with Crippen LogP contribution in [0.4, 0.5) is 0 Å². The molecule has 1 fully saturated rings. The summed E-state index contributed by atoms with van der Waals surface area (Å²) < 4.78 is 11.9. The van der Waals surface area contributed by atoms with Crippen LogP contribution >= 0.6 is 0 Å². The number of aryl methyl sites for hydroxylation is 1. The number of nitrogens with one attached hydrogen (secondary N) is 1. The van der Waals surface area contributed by atoms with Gasteiger partial charge in [0, 0.05) is 17.9 Å². The maximum absolute atomic E-state index is 5.97. The second-order valence-corrected chi connectivity index (χ2v) is 7.37. The first kappa shape index (κ1) is 16.5. The third-order valence-corrected chi connectivity index (χ3v) is 4.36. The summed E-state index contributed by atoms with van der Waals surface area (Å²) in [4.78, 5) is 4.44. The second kappa shape index (κ2) is 6.49. The third-order valence-electron chi connectivity index (χ3n) is 4.36. The van der Waals surface area contributed by atoms with Crippen molar-refractivity contribution in [3.63, 3.8) is 0 Å². The van der Waals surface area contributed by atoms with Gasteiger partial charge in [-0.3, -0.25) is 0 Å². The summed E-state index contributed by atoms with van der Waals surface area (Å²) in [5.74, 6) is 2.63. The number of rotatable bonds is 5. The molecule has 1 N–H and O–H groups in total. The Balaban J connectivity index is 1.87. The van der Waals surface area contributed by atoms with Gasteiger partial charge in [-0.25, -0.2) is 4.98 Å². The zero-order valence-corrected chi connectivity index (χ0v) is 14.3. The Morgan fingerprint density at radius 2 is 1.90 bits per heavy atom. The average Bonchev–Trinajstić information content (AvgIpc) is 2.90. The van der Waals surface area contributed by atoms with Crippen LogP contribution in [0.5, 0.6) is 0 Å². The summed E-state index contributed by atoms with van der Waals surface area (Å²) in [6.07, 6.45) is 4.31. The van der Waals surface area contributed by atoms with E-state index < -0.39 is 0 Å². The van der Waals surface area contributed by atoms with Crippen LogP contribution in [0.15, 0.2) is 10.6 Å². The highest BCUT2D eigenvalue weighted by Gasteiger charge is 2.40. The van der Waals surface area contributed by atoms with Crippen molar-refractivity contribution in [2.75, 3.05) is 6.54 Å². The van der Waals surface area contributed by atoms with E-state index >= 15 is 0 Å². The van der Waals surface area contributed by atoms with Gasteiger partial charge in [-0.15, -0.1) is 0 Å². The van der Waals surface area contributed by atoms with E-state index in [1.165, 1.54) is 0 Å². The molecular weight excluding hydrogens is 264 g/mol. The lowest BCUT2D eigenvalue weighted by Crippen LogP contribution is -2.36. The summed E-state index contributed by atoms with van der Waals surface area (Å²) in [5.41, 5.74) is 0.171. The molecule has 1 aliphatic heterocycles. The molecule has 2 rings (SSSR count). The SMILES string of the molecule is CC1OC(C)C(c2cnc(CCCNC(C)(C)C)o2)C1C. The van der Waals surface area contributed by atoms with Crippen molar-refractivity contribution < 1.29 is 9.15 Å². The summed E-state index contributed by atoms with van der Waals surface area (Å²) in [6.45, 7) is 14.0. The van der Waals surface area contributed by atoms with Gasteiger partial charge in [-0.2, -0.15) is 0 Å². The molecule has 0 spiro atoms. The Morgan fingerprint density at radius 1 is 1.19 bits per heavy atom. The standard InChI is InChI=1S/C17H30N2O2/c1-11-12(2)20-13(3)16(11)14-10-18-15(21-14)8-7-9-19-17(4,5)6/h10-13,16,19H,7-9H2,1-6H3. The molecule has 0 saturated carbocycles. The molecule has 120 valence electrons. The van der Waals surface area contributed by atoms with E-state index in [0.717, 1.165) is 31.0 Å². The fraction of sp³-hybridized carbons (Fsp3) is 0.824. The first-order chi connectivity index (χ1) is 9.78. The normalized spacial score (nSPS) is 30.0. The maximum Gasteiger partial charge on any atom is 0.194 e. The summed E-state index contributed by atoms with van der Waals surface area (Å²) in [6, 6.07) is 0. The molecule has 4 heteroatoms. The highest BCUT2D eigenvalue weighted by atomic mass is 16.5. The molecule has 2 heterocycles. The monoisotopic (exact) mass is 294 g/mol. The van der Waals surface area contributed by atoms with Crippen LogP contribution < -0.4 is 5.32 Å². The molecular formula is C17H30N2O2. The lowest BCUT2D eigenvalue weighted by molar-refractivity contribution is 0.0547. The molecule has 4 nitrogen and oxygen atoms in total. The van der Waals surface area contributed by atoms with Gasteiger partial charge in [0.25, 0.3) is 0 Å². The Labute approximate surface area is 128 Å². The number of ether oxygens (including phenoxy) is 1. The van der Waals surface area contributed by atoms with Crippen molar-refractivity contribution >= 4 is 0 Å². The largest absolute Gasteiger partial charge is 0.445 e. The van der Waals surface area contributed by atoms with Gasteiger partial charge in [-0.1, -0.05) is 6.92 Å². The number of hydrogen-bond donors (Lipinski definition) is 1. The van der Waals surface area contributed by atoms with E-state index in [4.69, 9.17) is 9.15 Å². The maximum atomic E-state index is 5.97. The molecule has 4 unspecified atom stereocenters. The van der Waals surface area contributed by atoms with Crippen LogP contribution in [-0.2, 0) is 11.2 Å². The van der Waals surface area contributed by atoms with Crippen molar-refractivity contribution in [1.29, 1.82) is 0 Å². The van der Waals surface area contributed by atoms with Gasteiger partial charge in [0.05, 0.1) is 18.4 Å². The van der Waals surface area contributed by atoms with Gasteiger partial charge in [-0.05, 0) is 53.5 Å². The highest BCUT2D eigenvalue weighted by Crippen LogP contribution is 2.39. The topological polar surface area (TPSA) is 47.3 Å². The summed E-state index contributed by atoms with van der Waals surface area (Å²) >= 11 is 0. The van der Waals surface area contributed by atoms with Crippen LogP contribution in [0.3, 0.4) is 0 Å². The molecule has 1 aromatic heterocycles. The van der Waals surface area contributed by atoms with Crippen molar-refractivity contribution in [2.45, 2.75) is 78.0 Å². The minimum Gasteiger partial charge on any atom is -0.445 e. The Kier molecular flexibility index (Phi) is 5.10. The smallest absolute Gasteiger partial charge is 0.194 e. The zero-order valence-electron chi connectivity index (χ0n) is 14.3. The number of nitrogens with zero attached hydrogens (tertiary/aromatic N) is 1. The van der Waals surface area contributed by atoms with Gasteiger partial charge in [0.15, 0.2) is 5.89 Å². The van der Waals surface area contributed by atoms with E-state index in [2.05, 4.69) is 51.8 Å². The lowest BCUT2D eigenvalue weighted by Gasteiger charge is -2.20. The molecule has 4 atom stereocenters. The van der Waals surface area contributed by atoms with E-state index in [9.17, 15) is 0 Å². The fourth-order valence-corrected chi connectivity index (χ4v) is 3.05. The van der Waals surface area contributed by atoms with Crippen LogP contribution in [0.2, 0.25) is 0 Å². The van der Waals surface area contributed by atoms with Crippen molar-refractivity contribution in [1.82, 2.24) is 10.3 Å². The van der Waals surface area contributed by atoms with E-state index in [1.54, 1.807) is 0 Å². The van der Waals surface area contributed by atoms with E-state index in [-0.39, 0.29) is 17.7 Å². The van der Waals surface area contributed by atoms with Crippen LogP contribution in [-0.4, -0.2) is 29.3 Å². The molecule has 0 aliphatic carbocycles. The Hall–Kier alpha value is -0.870. The zero-order chi connectivity index (χ0) is 15.6. The lowest BCUT2D eigenvalue weighted by atomic mass is 9.88. The molecule has 1 saturated heterocycles. The predicted molar refractivity (Wildman–Crippen MR) is 84.5 cm³/mol.